The molecule has 82 heavy (non-hydrogen) atoms. The van der Waals surface area contributed by atoms with Crippen molar-refractivity contribution in [1.29, 1.82) is 0 Å². The molecule has 0 aromatic heterocycles. The molecule has 2 aliphatic rings. The van der Waals surface area contributed by atoms with Gasteiger partial charge in [0.05, 0.1) is 30.3 Å². The lowest BCUT2D eigenvalue weighted by molar-refractivity contribution is -0.280. The molecule has 2 rings (SSSR count). The van der Waals surface area contributed by atoms with Gasteiger partial charge in [0.1, 0.15) is 18.3 Å². The van der Waals surface area contributed by atoms with Crippen molar-refractivity contribution in [2.75, 3.05) is 0 Å². The van der Waals surface area contributed by atoms with Gasteiger partial charge in [-0.25, -0.2) is 0 Å². The number of carbonyl (C=O) groups is 2. The Balaban J connectivity index is 3.14. The lowest BCUT2D eigenvalue weighted by atomic mass is 9.91. The van der Waals surface area contributed by atoms with Crippen molar-refractivity contribution < 1.29 is 51.0 Å². The number of carbonyl (C=O) groups excluding carboxylic acids is 2. The highest BCUT2D eigenvalue weighted by Crippen LogP contribution is 2.45. The molecule has 11 nitrogen and oxygen atoms in total. The predicted molar refractivity (Wildman–Crippen MR) is 357 cm³/mol. The molecule has 11 atom stereocenters. The second-order valence-corrected chi connectivity index (χ2v) is 57.0. The number of ketones is 1. The van der Waals surface area contributed by atoms with Gasteiger partial charge in [0.15, 0.2) is 53.2 Å². The van der Waals surface area contributed by atoms with Crippen LogP contribution in [0.3, 0.4) is 0 Å². The number of fused-ring (bicyclic) bond motifs is 2. The Hall–Kier alpha value is -0.876. The minimum absolute atomic E-state index is 0.0695. The zero-order valence-electron chi connectivity index (χ0n) is 58.9. The van der Waals surface area contributed by atoms with Crippen LogP contribution in [0.4, 0.5) is 0 Å². The van der Waals surface area contributed by atoms with Crippen LogP contribution in [0.5, 0.6) is 0 Å². The standard InChI is InChI=1S/C66H130O11Si5/c1-33-34-35-54-55(76-81(29,30)64(15,16)17)40-37-50(73-78(23,24)61(6,7)8)44-51(74-79(25,26)62(9,10)11)38-41-56-59(68)58(72-66(21,22)71-56)43-46(2)42-48(4)52(67)45-57(77-82(31,32)65(18,19)20)47(3)36-39-53(49(5)60(69)70-54)75-80(27,28)63(12,13)14/h36,39,42,48-58,67H,3,33-35,37-38,40-41,43-45H2,1-2,4-32H3/b39-36+,46-42+/t48-,49+,50-,51+,52-,53-,54+,55+,56+,57-,58+/m0/s1. The summed E-state index contributed by atoms with van der Waals surface area (Å²) < 4.78 is 57.0. The molecule has 0 amide bonds. The maximum atomic E-state index is 15.3. The molecule has 2 aliphatic heterocycles. The Morgan fingerprint density at radius 3 is 1.51 bits per heavy atom. The molecule has 1 saturated heterocycles. The van der Waals surface area contributed by atoms with E-state index in [1.807, 2.05) is 46.8 Å². The number of cyclic esters (lactones) is 1. The van der Waals surface area contributed by atoms with Gasteiger partial charge in [-0.1, -0.05) is 155 Å². The molecule has 0 aromatic rings. The topological polar surface area (TPSA) is 128 Å². The third kappa shape index (κ3) is 22.6. The van der Waals surface area contributed by atoms with E-state index >= 15 is 4.79 Å². The van der Waals surface area contributed by atoms with Gasteiger partial charge in [0.25, 0.3) is 0 Å². The molecule has 1 N–H and O–H groups in total. The number of aliphatic hydroxyl groups excluding tert-OH is 1. The Labute approximate surface area is 510 Å². The lowest BCUT2D eigenvalue weighted by Gasteiger charge is -2.44. The summed E-state index contributed by atoms with van der Waals surface area (Å²) in [5, 5.41) is 11.7. The van der Waals surface area contributed by atoms with Crippen LogP contribution in [0.25, 0.3) is 0 Å². The number of aliphatic hydroxyl groups is 1. The molecular formula is C66H130O11Si5. The van der Waals surface area contributed by atoms with Gasteiger partial charge < -0.3 is 41.4 Å². The maximum Gasteiger partial charge on any atom is 0.311 e. The van der Waals surface area contributed by atoms with Crippen LogP contribution in [-0.4, -0.2) is 119 Å². The zero-order chi connectivity index (χ0) is 64.0. The number of hydrogen-bond donors (Lipinski definition) is 1. The van der Waals surface area contributed by atoms with E-state index < -0.39 is 96.0 Å². The Morgan fingerprint density at radius 2 is 1.05 bits per heavy atom. The Kier molecular flexibility index (Phi) is 27.5. The van der Waals surface area contributed by atoms with Crippen LogP contribution in [0.2, 0.25) is 90.7 Å². The Morgan fingerprint density at radius 1 is 0.622 bits per heavy atom. The van der Waals surface area contributed by atoms with E-state index in [0.29, 0.717) is 56.9 Å². The van der Waals surface area contributed by atoms with Gasteiger partial charge >= 0.3 is 5.97 Å². The van der Waals surface area contributed by atoms with E-state index in [2.05, 4.69) is 189 Å². The molecule has 1 fully saturated rings. The average Bonchev–Trinajstić information content (AvgIpc) is 3.30. The van der Waals surface area contributed by atoms with Crippen molar-refractivity contribution in [2.24, 2.45) is 11.8 Å². The largest absolute Gasteiger partial charge is 0.459 e. The fourth-order valence-corrected chi connectivity index (χ4v) is 16.1. The third-order valence-electron chi connectivity index (χ3n) is 20.2. The summed E-state index contributed by atoms with van der Waals surface area (Å²) in [6.07, 6.45) is 7.32. The second kappa shape index (κ2) is 29.2. The monoisotopic (exact) mass is 1240 g/mol. The first-order chi connectivity index (χ1) is 36.6. The highest BCUT2D eigenvalue weighted by atomic mass is 28.4. The van der Waals surface area contributed by atoms with E-state index in [-0.39, 0.29) is 55.1 Å². The van der Waals surface area contributed by atoms with Gasteiger partial charge in [0.2, 0.25) is 0 Å². The van der Waals surface area contributed by atoms with Crippen molar-refractivity contribution >= 4 is 53.3 Å². The van der Waals surface area contributed by atoms with Gasteiger partial charge in [-0.05, 0) is 169 Å². The highest BCUT2D eigenvalue weighted by molar-refractivity contribution is 6.75. The quantitative estimate of drug-likeness (QED) is 0.108. The van der Waals surface area contributed by atoms with E-state index in [4.69, 9.17) is 36.3 Å². The molecule has 2 bridgehead atoms. The first-order valence-electron chi connectivity index (χ1n) is 31.8. The number of rotatable bonds is 13. The van der Waals surface area contributed by atoms with Crippen molar-refractivity contribution in [3.05, 3.63) is 36.0 Å². The molecule has 480 valence electrons. The summed E-state index contributed by atoms with van der Waals surface area (Å²) in [4.78, 5) is 30.0. The fourth-order valence-electron chi connectivity index (χ4n) is 9.30. The molecule has 0 aliphatic carbocycles. The molecule has 0 unspecified atom stereocenters. The van der Waals surface area contributed by atoms with Crippen molar-refractivity contribution in [3.63, 3.8) is 0 Å². The number of hydrogen-bond acceptors (Lipinski definition) is 11. The Bertz CT molecular complexity index is 2110. The summed E-state index contributed by atoms with van der Waals surface area (Å²) in [7, 11) is -12.1. The molecular weight excluding hydrogens is 1110 g/mol. The van der Waals surface area contributed by atoms with E-state index in [0.717, 1.165) is 18.4 Å². The third-order valence-corrected chi connectivity index (χ3v) is 42.8. The van der Waals surface area contributed by atoms with Gasteiger partial charge in [-0.15, -0.1) is 0 Å². The van der Waals surface area contributed by atoms with Crippen LogP contribution in [-0.2, 0) is 45.9 Å². The van der Waals surface area contributed by atoms with Crippen LogP contribution in [0.15, 0.2) is 36.0 Å². The smallest absolute Gasteiger partial charge is 0.311 e. The first-order valence-corrected chi connectivity index (χ1v) is 46.4. The first kappa shape index (κ1) is 77.2. The normalized spacial score (nSPS) is 30.1. The number of ether oxygens (including phenoxy) is 3. The average molecular weight is 1240 g/mol. The molecule has 0 aromatic carbocycles. The minimum Gasteiger partial charge on any atom is -0.459 e. The minimum atomic E-state index is -2.49. The summed E-state index contributed by atoms with van der Waals surface area (Å²) in [6, 6.07) is 0. The SMILES string of the molecule is C=C1/C=C/[C@H](O[Si](C)(C)C(C)(C)C)[C@@H](C)C(=O)O[C@H](CCCC)[C@H](O[Si](C)(C)C(C)(C)C)CC[C@H](O[Si](C)(C)C(C)(C)C)C[C@H](O[Si](C)(C)C(C)(C)C)CC[C@H]2OC(C)(C)O[C@H](C/C(C)=C/[C@H](C)[C@@H](O)C[C@@H]1O[Si](C)(C)C(C)(C)C)C2=O. The van der Waals surface area contributed by atoms with Crippen LogP contribution in [0.1, 0.15) is 210 Å². The molecule has 0 saturated carbocycles. The van der Waals surface area contributed by atoms with Crippen molar-refractivity contribution in [1.82, 2.24) is 0 Å². The molecule has 0 spiro atoms. The van der Waals surface area contributed by atoms with Gasteiger partial charge in [-0.2, -0.15) is 0 Å². The van der Waals surface area contributed by atoms with Crippen molar-refractivity contribution in [3.8, 4) is 0 Å². The lowest BCUT2D eigenvalue weighted by Crippen LogP contribution is -2.52. The van der Waals surface area contributed by atoms with E-state index in [1.165, 1.54) is 0 Å². The molecule has 16 heteroatoms. The van der Waals surface area contributed by atoms with Crippen LogP contribution >= 0.6 is 0 Å². The molecule has 2 heterocycles. The van der Waals surface area contributed by atoms with Gasteiger partial charge in [0, 0.05) is 31.0 Å². The molecule has 0 radical (unpaired) electrons. The van der Waals surface area contributed by atoms with Crippen LogP contribution in [0, 0.1) is 11.8 Å². The van der Waals surface area contributed by atoms with Crippen molar-refractivity contribution in [2.45, 2.75) is 361 Å². The summed E-state index contributed by atoms with van der Waals surface area (Å²) in [5.41, 5.74) is 1.65. The number of esters is 1. The predicted octanol–water partition coefficient (Wildman–Crippen LogP) is 18.6. The number of Topliss-reactive ketones (excluding diaryl/α,β-unsaturated/α-hetero) is 1. The fraction of sp³-hybridized carbons (Fsp3) is 0.879. The van der Waals surface area contributed by atoms with Gasteiger partial charge in [-0.3, -0.25) is 9.59 Å². The van der Waals surface area contributed by atoms with Crippen LogP contribution < -0.4 is 0 Å². The summed E-state index contributed by atoms with van der Waals surface area (Å²) in [6.45, 7) is 73.1. The highest BCUT2D eigenvalue weighted by Gasteiger charge is 2.48. The van der Waals surface area contributed by atoms with E-state index in [1.54, 1.807) is 0 Å². The summed E-state index contributed by atoms with van der Waals surface area (Å²) >= 11 is 0. The zero-order valence-corrected chi connectivity index (χ0v) is 63.9. The van der Waals surface area contributed by atoms with E-state index in [9.17, 15) is 9.90 Å². The summed E-state index contributed by atoms with van der Waals surface area (Å²) in [5.74, 6) is -2.37. The maximum absolute atomic E-state index is 15.3. The number of unbranched alkanes of at least 4 members (excludes halogenated alkanes) is 1. The second-order valence-electron chi connectivity index (χ2n) is 33.3.